The Morgan fingerprint density at radius 3 is 2.76 bits per heavy atom. The summed E-state index contributed by atoms with van der Waals surface area (Å²) >= 11 is 1.54. The molecule has 2 aromatic heterocycles. The number of ether oxygens (including phenoxy) is 2. The van der Waals surface area contributed by atoms with Crippen LogP contribution in [0.5, 0.6) is 11.5 Å². The summed E-state index contributed by atoms with van der Waals surface area (Å²) < 4.78 is 13.6. The van der Waals surface area contributed by atoms with Gasteiger partial charge in [-0.1, -0.05) is 29.5 Å². The van der Waals surface area contributed by atoms with Gasteiger partial charge in [0.15, 0.2) is 11.5 Å². The lowest BCUT2D eigenvalue weighted by molar-refractivity contribution is -0.116. The van der Waals surface area contributed by atoms with Gasteiger partial charge in [-0.25, -0.2) is 4.98 Å². The number of rotatable bonds is 4. The normalized spacial score (nSPS) is 15.8. The van der Waals surface area contributed by atoms with E-state index >= 15 is 0 Å². The van der Waals surface area contributed by atoms with Crippen molar-refractivity contribution < 1.29 is 14.3 Å². The van der Waals surface area contributed by atoms with Crippen molar-refractivity contribution in [2.75, 3.05) is 19.5 Å². The van der Waals surface area contributed by atoms with Crippen LogP contribution in [0.15, 0.2) is 48.7 Å². The molecule has 1 aliphatic heterocycles. The van der Waals surface area contributed by atoms with E-state index in [0.717, 1.165) is 26.5 Å². The third-order valence-electron chi connectivity index (χ3n) is 5.09. The first-order valence-corrected chi connectivity index (χ1v) is 9.95. The fraction of sp³-hybridized carbons (Fsp3) is 0.190. The lowest BCUT2D eigenvalue weighted by Crippen LogP contribution is -2.24. The lowest BCUT2D eigenvalue weighted by Gasteiger charge is -2.24. The average Bonchev–Trinajstić information content (AvgIpc) is 3.36. The van der Waals surface area contributed by atoms with Crippen LogP contribution < -0.4 is 14.8 Å². The number of nitrogens with zero attached hydrogens (tertiary/aromatic N) is 3. The Morgan fingerprint density at radius 2 is 1.97 bits per heavy atom. The summed E-state index contributed by atoms with van der Waals surface area (Å²) in [6.07, 6.45) is 2.15. The van der Waals surface area contributed by atoms with E-state index in [1.165, 1.54) is 11.3 Å². The van der Waals surface area contributed by atoms with Crippen molar-refractivity contribution in [3.63, 3.8) is 0 Å². The Labute approximate surface area is 170 Å². The molecule has 29 heavy (non-hydrogen) atoms. The second kappa shape index (κ2) is 6.89. The second-order valence-corrected chi connectivity index (χ2v) is 7.75. The number of thiazole rings is 1. The van der Waals surface area contributed by atoms with Crippen LogP contribution in [-0.4, -0.2) is 34.9 Å². The van der Waals surface area contributed by atoms with Crippen molar-refractivity contribution in [2.45, 2.75) is 12.3 Å². The van der Waals surface area contributed by atoms with E-state index in [-0.39, 0.29) is 11.8 Å². The van der Waals surface area contributed by atoms with Gasteiger partial charge in [-0.15, -0.1) is 0 Å². The topological polar surface area (TPSA) is 78.3 Å². The molecule has 8 heteroatoms. The van der Waals surface area contributed by atoms with E-state index < -0.39 is 0 Å². The largest absolute Gasteiger partial charge is 0.493 e. The highest BCUT2D eigenvalue weighted by Gasteiger charge is 2.31. The molecule has 5 rings (SSSR count). The molecule has 1 aliphatic rings. The second-order valence-electron chi connectivity index (χ2n) is 6.74. The van der Waals surface area contributed by atoms with E-state index in [2.05, 4.69) is 15.4 Å². The Balaban J connectivity index is 1.60. The number of benzene rings is 2. The van der Waals surface area contributed by atoms with Gasteiger partial charge in [0.25, 0.3) is 0 Å². The van der Waals surface area contributed by atoms with Crippen LogP contribution in [-0.2, 0) is 4.79 Å². The van der Waals surface area contributed by atoms with Crippen molar-refractivity contribution in [3.05, 3.63) is 59.8 Å². The van der Waals surface area contributed by atoms with E-state index in [4.69, 9.17) is 9.47 Å². The molecule has 0 saturated carbocycles. The van der Waals surface area contributed by atoms with Gasteiger partial charge < -0.3 is 14.8 Å². The molecular weight excluding hydrogens is 388 g/mol. The highest BCUT2D eigenvalue weighted by atomic mass is 32.1. The van der Waals surface area contributed by atoms with E-state index in [9.17, 15) is 4.79 Å². The molecule has 0 unspecified atom stereocenters. The molecule has 0 fully saturated rings. The third-order valence-corrected chi connectivity index (χ3v) is 6.11. The monoisotopic (exact) mass is 406 g/mol. The van der Waals surface area contributed by atoms with Crippen molar-refractivity contribution in [1.82, 2.24) is 14.8 Å². The highest BCUT2D eigenvalue weighted by molar-refractivity contribution is 7.20. The molecule has 0 aliphatic carbocycles. The van der Waals surface area contributed by atoms with Gasteiger partial charge in [-0.05, 0) is 29.8 Å². The molecular formula is C21H18N4O3S. The quantitative estimate of drug-likeness (QED) is 0.555. The van der Waals surface area contributed by atoms with Crippen LogP contribution in [0, 0.1) is 0 Å². The number of hydrogen-bond donors (Lipinski definition) is 1. The van der Waals surface area contributed by atoms with Gasteiger partial charge >= 0.3 is 0 Å². The summed E-state index contributed by atoms with van der Waals surface area (Å²) in [5.74, 6) is 1.78. The first-order valence-electron chi connectivity index (χ1n) is 9.13. The zero-order valence-corrected chi connectivity index (χ0v) is 16.7. The molecule has 0 saturated heterocycles. The third kappa shape index (κ3) is 2.92. The van der Waals surface area contributed by atoms with E-state index in [1.54, 1.807) is 18.9 Å². The van der Waals surface area contributed by atoms with Crippen LogP contribution in [0.1, 0.15) is 23.5 Å². The number of fused-ring (bicyclic) bond motifs is 2. The van der Waals surface area contributed by atoms with Gasteiger partial charge in [-0.3, -0.25) is 4.79 Å². The molecule has 3 heterocycles. The number of carbonyl (C=O) groups is 1. The van der Waals surface area contributed by atoms with Gasteiger partial charge in [0, 0.05) is 17.9 Å². The van der Waals surface area contributed by atoms with Gasteiger partial charge in [0.2, 0.25) is 11.0 Å². The molecule has 7 nitrogen and oxygen atoms in total. The summed E-state index contributed by atoms with van der Waals surface area (Å²) in [5.41, 5.74) is 2.84. The molecule has 2 aromatic carbocycles. The van der Waals surface area contributed by atoms with Crippen LogP contribution >= 0.6 is 11.3 Å². The van der Waals surface area contributed by atoms with Gasteiger partial charge in [-0.2, -0.15) is 9.78 Å². The number of methoxy groups -OCH3 is 2. The summed E-state index contributed by atoms with van der Waals surface area (Å²) in [5, 5.41) is 8.24. The number of para-hydroxylation sites is 1. The Bertz CT molecular complexity index is 1200. The van der Waals surface area contributed by atoms with Crippen LogP contribution in [0.2, 0.25) is 0 Å². The van der Waals surface area contributed by atoms with E-state index in [0.29, 0.717) is 23.7 Å². The van der Waals surface area contributed by atoms with Crippen molar-refractivity contribution in [3.8, 4) is 16.6 Å². The van der Waals surface area contributed by atoms with Crippen LogP contribution in [0.25, 0.3) is 15.3 Å². The predicted molar refractivity (Wildman–Crippen MR) is 111 cm³/mol. The van der Waals surface area contributed by atoms with Gasteiger partial charge in [0.05, 0.1) is 30.6 Å². The number of hydrogen-bond acceptors (Lipinski definition) is 6. The number of anilines is 1. The average molecular weight is 406 g/mol. The summed E-state index contributed by atoms with van der Waals surface area (Å²) in [7, 11) is 3.21. The predicted octanol–water partition coefficient (Wildman–Crippen LogP) is 3.97. The summed E-state index contributed by atoms with van der Waals surface area (Å²) in [4.78, 5) is 17.2. The Kier molecular flexibility index (Phi) is 4.21. The minimum Gasteiger partial charge on any atom is -0.493 e. The maximum Gasteiger partial charge on any atom is 0.226 e. The number of carbonyl (C=O) groups excluding carboxylic acids is 1. The lowest BCUT2D eigenvalue weighted by atomic mass is 9.87. The number of aromatic nitrogens is 3. The number of nitrogens with one attached hydrogen (secondary N) is 1. The fourth-order valence-corrected chi connectivity index (χ4v) is 4.61. The molecule has 4 aromatic rings. The summed E-state index contributed by atoms with van der Waals surface area (Å²) in [6, 6.07) is 13.7. The maximum atomic E-state index is 12.5. The molecule has 1 amide bonds. The van der Waals surface area contributed by atoms with Crippen LogP contribution in [0.3, 0.4) is 0 Å². The zero-order valence-electron chi connectivity index (χ0n) is 15.9. The number of amides is 1. The minimum atomic E-state index is -0.123. The minimum absolute atomic E-state index is 0.0554. The SMILES string of the molecule is COc1ccc([C@H]2CC(=O)Nc3c2cnn3-c2nc3ccccc3s2)cc1OC. The fourth-order valence-electron chi connectivity index (χ4n) is 3.68. The van der Waals surface area contributed by atoms with Gasteiger partial charge in [0.1, 0.15) is 5.82 Å². The van der Waals surface area contributed by atoms with E-state index in [1.807, 2.05) is 48.7 Å². The Morgan fingerprint density at radius 1 is 1.14 bits per heavy atom. The standard InChI is InChI=1S/C21H18N4O3S/c1-27-16-8-7-12(9-17(16)28-2)13-10-19(26)24-20-14(13)11-22-25(20)21-23-15-5-3-4-6-18(15)29-21/h3-9,11,13H,10H2,1-2H3,(H,24,26)/t13-/m1/s1. The van der Waals surface area contributed by atoms with Crippen molar-refractivity contribution >= 4 is 33.3 Å². The Hall–Kier alpha value is -3.39. The maximum absolute atomic E-state index is 12.5. The molecule has 0 radical (unpaired) electrons. The van der Waals surface area contributed by atoms with Crippen molar-refractivity contribution in [2.24, 2.45) is 0 Å². The first-order chi connectivity index (χ1) is 14.2. The molecule has 0 spiro atoms. The zero-order chi connectivity index (χ0) is 20.0. The molecule has 1 atom stereocenters. The molecule has 146 valence electrons. The summed E-state index contributed by atoms with van der Waals surface area (Å²) in [6.45, 7) is 0. The molecule has 0 bridgehead atoms. The first kappa shape index (κ1) is 17.7. The smallest absolute Gasteiger partial charge is 0.226 e. The highest BCUT2D eigenvalue weighted by Crippen LogP contribution is 2.41. The van der Waals surface area contributed by atoms with Crippen molar-refractivity contribution in [1.29, 1.82) is 0 Å². The molecule has 1 N–H and O–H groups in total. The van der Waals surface area contributed by atoms with Crippen LogP contribution in [0.4, 0.5) is 5.82 Å².